The summed E-state index contributed by atoms with van der Waals surface area (Å²) in [6, 6.07) is -0.111. The summed E-state index contributed by atoms with van der Waals surface area (Å²) in [5, 5.41) is 7.31. The molecule has 3 atom stereocenters. The lowest BCUT2D eigenvalue weighted by atomic mass is 9.87. The van der Waals surface area contributed by atoms with Crippen LogP contribution in [-0.4, -0.2) is 30.8 Å². The van der Waals surface area contributed by atoms with Crippen molar-refractivity contribution in [2.75, 3.05) is 0 Å². The predicted molar refractivity (Wildman–Crippen MR) is 60.6 cm³/mol. The molecule has 0 spiro atoms. The van der Waals surface area contributed by atoms with Crippen molar-refractivity contribution in [3.05, 3.63) is 0 Å². The van der Waals surface area contributed by atoms with Crippen LogP contribution >= 0.6 is 0 Å². The fraction of sp³-hybridized carbons (Fsp3) is 0.900. The summed E-state index contributed by atoms with van der Waals surface area (Å²) in [7, 11) is -3.74. The van der Waals surface area contributed by atoms with Crippen LogP contribution in [0.25, 0.3) is 0 Å². The predicted octanol–water partition coefficient (Wildman–Crippen LogP) is 0.958. The average molecular weight is 249 g/mol. The van der Waals surface area contributed by atoms with Crippen molar-refractivity contribution in [3.8, 4) is 0 Å². The molecule has 94 valence electrons. The molecule has 0 aliphatic heterocycles. The molecule has 1 fully saturated rings. The highest BCUT2D eigenvalue weighted by molar-refractivity contribution is 7.90. The summed E-state index contributed by atoms with van der Waals surface area (Å²) < 4.78 is 25.9. The Kier molecular flexibility index (Phi) is 4.32. The summed E-state index contributed by atoms with van der Waals surface area (Å²) in [5.74, 6) is -1.03. The van der Waals surface area contributed by atoms with Crippen molar-refractivity contribution in [1.82, 2.24) is 4.72 Å². The Bertz CT molecular complexity index is 352. The van der Waals surface area contributed by atoms with E-state index in [9.17, 15) is 13.2 Å². The van der Waals surface area contributed by atoms with Gasteiger partial charge in [0, 0.05) is 6.04 Å². The van der Waals surface area contributed by atoms with Crippen molar-refractivity contribution in [2.45, 2.75) is 50.8 Å². The van der Waals surface area contributed by atoms with Gasteiger partial charge in [0.1, 0.15) is 0 Å². The molecular formula is C10H19NO4S. The monoisotopic (exact) mass is 249 g/mol. The van der Waals surface area contributed by atoms with Gasteiger partial charge in [-0.25, -0.2) is 13.1 Å². The molecule has 6 heteroatoms. The van der Waals surface area contributed by atoms with Crippen LogP contribution in [0.5, 0.6) is 0 Å². The van der Waals surface area contributed by atoms with Crippen molar-refractivity contribution >= 4 is 16.0 Å². The summed E-state index contributed by atoms with van der Waals surface area (Å²) in [5.41, 5.74) is 0. The van der Waals surface area contributed by atoms with Crippen LogP contribution in [0.1, 0.15) is 39.5 Å². The van der Waals surface area contributed by atoms with Gasteiger partial charge in [-0.15, -0.1) is 0 Å². The van der Waals surface area contributed by atoms with Gasteiger partial charge in [0.05, 0.1) is 0 Å². The van der Waals surface area contributed by atoms with Gasteiger partial charge in [-0.3, -0.25) is 4.79 Å². The Morgan fingerprint density at radius 1 is 1.38 bits per heavy atom. The van der Waals surface area contributed by atoms with Gasteiger partial charge in [-0.05, 0) is 25.7 Å². The molecule has 0 aromatic carbocycles. The standard InChI is InChI=1S/C10H19NO4S/c1-7-5-3-4-6-9(7)11-16(14,15)8(2)10(12)13/h7-9,11H,3-6H2,1-2H3,(H,12,13). The number of sulfonamides is 1. The largest absolute Gasteiger partial charge is 0.480 e. The smallest absolute Gasteiger partial charge is 0.323 e. The van der Waals surface area contributed by atoms with Gasteiger partial charge in [-0.1, -0.05) is 19.8 Å². The molecule has 0 radical (unpaired) electrons. The van der Waals surface area contributed by atoms with Gasteiger partial charge < -0.3 is 5.11 Å². The summed E-state index contributed by atoms with van der Waals surface area (Å²) in [6.07, 6.45) is 3.91. The van der Waals surface area contributed by atoms with Crippen molar-refractivity contribution in [2.24, 2.45) is 5.92 Å². The van der Waals surface area contributed by atoms with Crippen LogP contribution < -0.4 is 4.72 Å². The Balaban J connectivity index is 2.68. The minimum Gasteiger partial charge on any atom is -0.480 e. The highest BCUT2D eigenvalue weighted by Crippen LogP contribution is 2.24. The maximum atomic E-state index is 11.7. The number of nitrogens with one attached hydrogen (secondary N) is 1. The van der Waals surface area contributed by atoms with E-state index >= 15 is 0 Å². The van der Waals surface area contributed by atoms with Crippen LogP contribution in [-0.2, 0) is 14.8 Å². The second-order valence-corrected chi connectivity index (χ2v) is 6.54. The quantitative estimate of drug-likeness (QED) is 0.777. The SMILES string of the molecule is CC1CCCCC1NS(=O)(=O)C(C)C(=O)O. The number of carboxylic acids is 1. The molecule has 3 unspecified atom stereocenters. The Hall–Kier alpha value is -0.620. The fourth-order valence-electron chi connectivity index (χ4n) is 1.94. The van der Waals surface area contributed by atoms with E-state index < -0.39 is 21.2 Å². The van der Waals surface area contributed by atoms with E-state index in [4.69, 9.17) is 5.11 Å². The minimum absolute atomic E-state index is 0.111. The number of rotatable bonds is 4. The van der Waals surface area contributed by atoms with Crippen LogP contribution in [0.2, 0.25) is 0 Å². The molecule has 0 bridgehead atoms. The molecule has 1 aliphatic carbocycles. The first-order valence-electron chi connectivity index (χ1n) is 5.58. The molecule has 0 amide bonds. The number of carbonyl (C=O) groups is 1. The third-order valence-corrected chi connectivity index (χ3v) is 5.00. The van der Waals surface area contributed by atoms with E-state index in [0.29, 0.717) is 0 Å². The van der Waals surface area contributed by atoms with Crippen molar-refractivity contribution in [3.63, 3.8) is 0 Å². The molecule has 0 aromatic heterocycles. The third-order valence-electron chi connectivity index (χ3n) is 3.24. The first kappa shape index (κ1) is 13.4. The first-order chi connectivity index (χ1) is 7.34. The van der Waals surface area contributed by atoms with Crippen molar-refractivity contribution in [1.29, 1.82) is 0 Å². The Morgan fingerprint density at radius 3 is 2.44 bits per heavy atom. The molecule has 0 heterocycles. The molecule has 2 N–H and O–H groups in total. The minimum atomic E-state index is -3.74. The lowest BCUT2D eigenvalue weighted by Gasteiger charge is -2.29. The topological polar surface area (TPSA) is 83.5 Å². The highest BCUT2D eigenvalue weighted by atomic mass is 32.2. The lowest BCUT2D eigenvalue weighted by Crippen LogP contribution is -2.46. The van der Waals surface area contributed by atoms with Crippen LogP contribution in [0.3, 0.4) is 0 Å². The fourth-order valence-corrected chi connectivity index (χ4v) is 3.18. The first-order valence-corrected chi connectivity index (χ1v) is 7.13. The zero-order valence-electron chi connectivity index (χ0n) is 9.64. The second kappa shape index (κ2) is 5.14. The van der Waals surface area contributed by atoms with Crippen LogP contribution in [0.15, 0.2) is 0 Å². The van der Waals surface area contributed by atoms with Crippen LogP contribution in [0.4, 0.5) is 0 Å². The number of carboxylic acid groups (broad SMARTS) is 1. The second-order valence-electron chi connectivity index (χ2n) is 4.51. The van der Waals surface area contributed by atoms with E-state index in [1.165, 1.54) is 6.92 Å². The normalized spacial score (nSPS) is 28.6. The van der Waals surface area contributed by atoms with Gasteiger partial charge in [-0.2, -0.15) is 0 Å². The van der Waals surface area contributed by atoms with E-state index in [1.807, 2.05) is 6.92 Å². The molecular weight excluding hydrogens is 230 g/mol. The number of hydrogen-bond donors (Lipinski definition) is 2. The summed E-state index contributed by atoms with van der Waals surface area (Å²) >= 11 is 0. The van der Waals surface area contributed by atoms with E-state index in [1.54, 1.807) is 0 Å². The van der Waals surface area contributed by atoms with Crippen LogP contribution in [0, 0.1) is 5.92 Å². The zero-order valence-corrected chi connectivity index (χ0v) is 10.5. The maximum absolute atomic E-state index is 11.7. The summed E-state index contributed by atoms with van der Waals surface area (Å²) in [4.78, 5) is 10.6. The Labute approximate surface area is 96.3 Å². The van der Waals surface area contributed by atoms with Gasteiger partial charge in [0.25, 0.3) is 0 Å². The number of hydrogen-bond acceptors (Lipinski definition) is 3. The zero-order chi connectivity index (χ0) is 12.3. The van der Waals surface area contributed by atoms with Gasteiger partial charge >= 0.3 is 5.97 Å². The Morgan fingerprint density at radius 2 is 1.94 bits per heavy atom. The van der Waals surface area contributed by atoms with E-state index in [2.05, 4.69) is 4.72 Å². The molecule has 1 saturated carbocycles. The third kappa shape index (κ3) is 3.18. The molecule has 0 saturated heterocycles. The molecule has 16 heavy (non-hydrogen) atoms. The lowest BCUT2D eigenvalue weighted by molar-refractivity contribution is -0.136. The van der Waals surface area contributed by atoms with Gasteiger partial charge in [0.2, 0.25) is 10.0 Å². The number of aliphatic carboxylic acids is 1. The molecule has 1 rings (SSSR count). The van der Waals surface area contributed by atoms with Crippen molar-refractivity contribution < 1.29 is 18.3 Å². The molecule has 1 aliphatic rings. The summed E-state index contributed by atoms with van der Waals surface area (Å²) in [6.45, 7) is 3.19. The maximum Gasteiger partial charge on any atom is 0.323 e. The highest BCUT2D eigenvalue weighted by Gasteiger charge is 2.32. The van der Waals surface area contributed by atoms with Gasteiger partial charge in [0.15, 0.2) is 5.25 Å². The molecule has 5 nitrogen and oxygen atoms in total. The molecule has 0 aromatic rings. The van der Waals surface area contributed by atoms with E-state index in [-0.39, 0.29) is 12.0 Å². The average Bonchev–Trinajstić information content (AvgIpc) is 2.20. The van der Waals surface area contributed by atoms with E-state index in [0.717, 1.165) is 25.7 Å².